The fourth-order valence-corrected chi connectivity index (χ4v) is 3.28. The van der Waals surface area contributed by atoms with Crippen molar-refractivity contribution in [1.29, 1.82) is 0 Å². The summed E-state index contributed by atoms with van der Waals surface area (Å²) < 4.78 is 0. The summed E-state index contributed by atoms with van der Waals surface area (Å²) in [5.74, 6) is -2.81. The molecule has 3 amide bonds. The number of nitrogens with two attached hydrogens (primary N) is 2. The van der Waals surface area contributed by atoms with Crippen LogP contribution in [0.2, 0.25) is 0 Å². The van der Waals surface area contributed by atoms with Crippen LogP contribution in [0.15, 0.2) is 30.3 Å². The van der Waals surface area contributed by atoms with E-state index in [1.165, 1.54) is 4.90 Å². The van der Waals surface area contributed by atoms with Gasteiger partial charge in [-0.3, -0.25) is 14.4 Å². The standard InChI is InChI=1S/C19H26N4O5/c20-13(11-12-5-2-1-3-6-12)18(26)23-10-4-7-15(23)17(25)22-14(19(27)28)8-9-16(21)24/h1-3,5-6,13-15H,4,7-11,20H2,(H2,21,24)(H,22,25)(H,27,28)/t13-,14-,15-/m0/s1. The minimum absolute atomic E-state index is 0.107. The van der Waals surface area contributed by atoms with Crippen molar-refractivity contribution in [3.63, 3.8) is 0 Å². The van der Waals surface area contributed by atoms with E-state index < -0.39 is 35.9 Å². The number of carboxylic acids is 1. The molecule has 9 nitrogen and oxygen atoms in total. The van der Waals surface area contributed by atoms with E-state index in [1.54, 1.807) is 0 Å². The fourth-order valence-electron chi connectivity index (χ4n) is 3.28. The molecule has 152 valence electrons. The lowest BCUT2D eigenvalue weighted by Gasteiger charge is -2.27. The molecule has 1 fully saturated rings. The number of rotatable bonds is 9. The van der Waals surface area contributed by atoms with Crippen molar-refractivity contribution in [3.05, 3.63) is 35.9 Å². The summed E-state index contributed by atoms with van der Waals surface area (Å²) in [6.45, 7) is 0.387. The first-order valence-corrected chi connectivity index (χ1v) is 9.21. The van der Waals surface area contributed by atoms with Gasteiger partial charge in [-0.15, -0.1) is 0 Å². The number of amides is 3. The van der Waals surface area contributed by atoms with Crippen LogP contribution in [0, 0.1) is 0 Å². The minimum Gasteiger partial charge on any atom is -0.480 e. The third kappa shape index (κ3) is 5.78. The Balaban J connectivity index is 1.99. The van der Waals surface area contributed by atoms with Gasteiger partial charge >= 0.3 is 5.97 Å². The third-order valence-corrected chi connectivity index (χ3v) is 4.75. The van der Waals surface area contributed by atoms with Gasteiger partial charge in [0.15, 0.2) is 0 Å². The number of benzene rings is 1. The van der Waals surface area contributed by atoms with Gasteiger partial charge in [0, 0.05) is 13.0 Å². The predicted molar refractivity (Wildman–Crippen MR) is 101 cm³/mol. The number of carbonyl (C=O) groups excluding carboxylic acids is 3. The second kappa shape index (κ2) is 9.84. The Kier molecular flexibility index (Phi) is 7.51. The van der Waals surface area contributed by atoms with Crippen molar-refractivity contribution in [2.75, 3.05) is 6.54 Å². The predicted octanol–water partition coefficient (Wildman–Crippen LogP) is -0.618. The maximum atomic E-state index is 12.7. The SMILES string of the molecule is NC(=O)CC[C@H](NC(=O)[C@@H]1CCCN1C(=O)[C@@H](N)Cc1ccccc1)C(=O)O. The largest absolute Gasteiger partial charge is 0.480 e. The van der Waals surface area contributed by atoms with Crippen LogP contribution in [-0.2, 0) is 25.6 Å². The van der Waals surface area contributed by atoms with Gasteiger partial charge in [-0.2, -0.15) is 0 Å². The van der Waals surface area contributed by atoms with Crippen LogP contribution in [0.25, 0.3) is 0 Å². The quantitative estimate of drug-likeness (QED) is 0.440. The topological polar surface area (TPSA) is 156 Å². The van der Waals surface area contributed by atoms with Crippen LogP contribution in [0.3, 0.4) is 0 Å². The first-order chi connectivity index (χ1) is 13.3. The average Bonchev–Trinajstić information content (AvgIpc) is 3.14. The van der Waals surface area contributed by atoms with Crippen molar-refractivity contribution in [1.82, 2.24) is 10.2 Å². The van der Waals surface area contributed by atoms with E-state index >= 15 is 0 Å². The third-order valence-electron chi connectivity index (χ3n) is 4.75. The zero-order valence-corrected chi connectivity index (χ0v) is 15.5. The average molecular weight is 390 g/mol. The van der Waals surface area contributed by atoms with Gasteiger partial charge in [0.25, 0.3) is 0 Å². The molecule has 1 aliphatic heterocycles. The molecule has 1 heterocycles. The molecule has 6 N–H and O–H groups in total. The summed E-state index contributed by atoms with van der Waals surface area (Å²) in [5.41, 5.74) is 12.0. The smallest absolute Gasteiger partial charge is 0.326 e. The molecule has 0 saturated carbocycles. The molecular formula is C19H26N4O5. The van der Waals surface area contributed by atoms with Gasteiger partial charge in [0.1, 0.15) is 12.1 Å². The Morgan fingerprint density at radius 2 is 1.89 bits per heavy atom. The number of hydrogen-bond acceptors (Lipinski definition) is 5. The number of nitrogens with one attached hydrogen (secondary N) is 1. The Bertz CT molecular complexity index is 724. The Labute approximate surface area is 163 Å². The molecule has 1 aliphatic rings. The number of carboxylic acid groups (broad SMARTS) is 1. The van der Waals surface area contributed by atoms with Gasteiger partial charge in [0.2, 0.25) is 17.7 Å². The molecule has 2 rings (SSSR count). The summed E-state index contributed by atoms with van der Waals surface area (Å²) in [4.78, 5) is 48.9. The van der Waals surface area contributed by atoms with E-state index in [1.807, 2.05) is 30.3 Å². The van der Waals surface area contributed by atoms with Crippen LogP contribution in [0.1, 0.15) is 31.2 Å². The summed E-state index contributed by atoms with van der Waals surface area (Å²) in [5, 5.41) is 11.6. The highest BCUT2D eigenvalue weighted by Crippen LogP contribution is 2.19. The van der Waals surface area contributed by atoms with Crippen LogP contribution in [0.5, 0.6) is 0 Å². The van der Waals surface area contributed by atoms with E-state index in [4.69, 9.17) is 11.5 Å². The molecule has 28 heavy (non-hydrogen) atoms. The van der Waals surface area contributed by atoms with E-state index in [0.717, 1.165) is 5.56 Å². The number of primary amides is 1. The van der Waals surface area contributed by atoms with Gasteiger partial charge in [-0.1, -0.05) is 30.3 Å². The van der Waals surface area contributed by atoms with Gasteiger partial charge < -0.3 is 26.8 Å². The maximum Gasteiger partial charge on any atom is 0.326 e. The number of likely N-dealkylation sites (tertiary alicyclic amines) is 1. The van der Waals surface area contributed by atoms with Crippen molar-refractivity contribution < 1.29 is 24.3 Å². The van der Waals surface area contributed by atoms with Crippen LogP contribution < -0.4 is 16.8 Å². The second-order valence-corrected chi connectivity index (χ2v) is 6.89. The molecule has 0 aromatic heterocycles. The highest BCUT2D eigenvalue weighted by molar-refractivity contribution is 5.92. The molecule has 0 spiro atoms. The Hall–Kier alpha value is -2.94. The van der Waals surface area contributed by atoms with Crippen LogP contribution >= 0.6 is 0 Å². The molecular weight excluding hydrogens is 364 g/mol. The lowest BCUT2D eigenvalue weighted by atomic mass is 10.0. The summed E-state index contributed by atoms with van der Waals surface area (Å²) >= 11 is 0. The lowest BCUT2D eigenvalue weighted by Crippen LogP contribution is -2.54. The Morgan fingerprint density at radius 1 is 1.21 bits per heavy atom. The minimum atomic E-state index is -1.26. The van der Waals surface area contributed by atoms with E-state index in [2.05, 4.69) is 5.32 Å². The summed E-state index contributed by atoms with van der Waals surface area (Å²) in [6, 6.07) is 6.53. The number of hydrogen-bond donors (Lipinski definition) is 4. The number of nitrogens with zero attached hydrogens (tertiary/aromatic N) is 1. The molecule has 1 aromatic carbocycles. The van der Waals surface area contributed by atoms with E-state index in [-0.39, 0.29) is 18.7 Å². The number of aliphatic carboxylic acids is 1. The summed E-state index contributed by atoms with van der Waals surface area (Å²) in [7, 11) is 0. The number of carbonyl (C=O) groups is 4. The fraction of sp³-hybridized carbons (Fsp3) is 0.474. The lowest BCUT2D eigenvalue weighted by molar-refractivity contribution is -0.144. The summed E-state index contributed by atoms with van der Waals surface area (Å²) in [6.07, 6.45) is 1.14. The molecule has 0 aliphatic carbocycles. The zero-order chi connectivity index (χ0) is 20.7. The second-order valence-electron chi connectivity index (χ2n) is 6.89. The highest BCUT2D eigenvalue weighted by atomic mass is 16.4. The first kappa shape index (κ1) is 21.4. The normalized spacial score (nSPS) is 18.3. The van der Waals surface area contributed by atoms with Gasteiger partial charge in [-0.25, -0.2) is 4.79 Å². The molecule has 1 aromatic rings. The molecule has 0 unspecified atom stereocenters. The first-order valence-electron chi connectivity index (χ1n) is 9.21. The molecule has 0 bridgehead atoms. The van der Waals surface area contributed by atoms with Crippen LogP contribution in [0.4, 0.5) is 0 Å². The highest BCUT2D eigenvalue weighted by Gasteiger charge is 2.37. The van der Waals surface area contributed by atoms with Gasteiger partial charge in [0.05, 0.1) is 6.04 Å². The molecule has 3 atom stereocenters. The van der Waals surface area contributed by atoms with Gasteiger partial charge in [-0.05, 0) is 31.2 Å². The maximum absolute atomic E-state index is 12.7. The van der Waals surface area contributed by atoms with E-state index in [9.17, 15) is 24.3 Å². The molecule has 0 radical (unpaired) electrons. The Morgan fingerprint density at radius 3 is 2.50 bits per heavy atom. The molecule has 9 heteroatoms. The van der Waals surface area contributed by atoms with Crippen molar-refractivity contribution in [3.8, 4) is 0 Å². The van der Waals surface area contributed by atoms with E-state index in [0.29, 0.717) is 25.8 Å². The van der Waals surface area contributed by atoms with Crippen molar-refractivity contribution in [2.24, 2.45) is 11.5 Å². The zero-order valence-electron chi connectivity index (χ0n) is 15.5. The monoisotopic (exact) mass is 390 g/mol. The van der Waals surface area contributed by atoms with Crippen molar-refractivity contribution >= 4 is 23.7 Å². The van der Waals surface area contributed by atoms with Crippen molar-refractivity contribution in [2.45, 2.75) is 50.2 Å². The molecule has 1 saturated heterocycles. The van der Waals surface area contributed by atoms with Crippen LogP contribution in [-0.4, -0.2) is 58.4 Å².